The van der Waals surface area contributed by atoms with E-state index in [2.05, 4.69) is 16.0 Å². The van der Waals surface area contributed by atoms with E-state index in [4.69, 9.17) is 5.73 Å². The van der Waals surface area contributed by atoms with Crippen LogP contribution in [0.4, 0.5) is 5.69 Å². The van der Waals surface area contributed by atoms with E-state index in [-0.39, 0.29) is 11.7 Å². The average molecular weight is 426 g/mol. The Morgan fingerprint density at radius 3 is 2.66 bits per heavy atom. The molecule has 4 aromatic rings. The minimum Gasteiger partial charge on any atom is -0.404 e. The molecule has 1 fully saturated rings. The quantitative estimate of drug-likeness (QED) is 0.462. The van der Waals surface area contributed by atoms with Crippen LogP contribution in [0.1, 0.15) is 43.7 Å². The maximum absolute atomic E-state index is 13.2. The standard InChI is InChI=1S/C26H27N5O/c1-30-24-17-29-23-13-12-18(19(15-27)16-28-20-8-4-2-5-9-20)14-22(23)25(24)31(26(30)32)21-10-6-3-7-11-21/h2,4-5,8-9,12-17,21H,3,6-7,10-11,27H2,1H3. The van der Waals surface area contributed by atoms with Gasteiger partial charge in [-0.2, -0.15) is 0 Å². The van der Waals surface area contributed by atoms with Gasteiger partial charge >= 0.3 is 5.69 Å². The first-order valence-corrected chi connectivity index (χ1v) is 11.2. The Labute approximate surface area is 186 Å². The van der Waals surface area contributed by atoms with E-state index in [9.17, 15) is 4.79 Å². The third-order valence-corrected chi connectivity index (χ3v) is 6.48. The van der Waals surface area contributed by atoms with Gasteiger partial charge in [-0.15, -0.1) is 0 Å². The van der Waals surface area contributed by atoms with Gasteiger partial charge in [0.25, 0.3) is 0 Å². The number of aryl methyl sites for hydroxylation is 1. The number of hydrogen-bond donors (Lipinski definition) is 1. The highest BCUT2D eigenvalue weighted by Gasteiger charge is 2.23. The molecule has 0 unspecified atom stereocenters. The van der Waals surface area contributed by atoms with Gasteiger partial charge in [-0.1, -0.05) is 43.5 Å². The molecule has 0 radical (unpaired) electrons. The van der Waals surface area contributed by atoms with Crippen LogP contribution in [0.5, 0.6) is 0 Å². The number of allylic oxidation sites excluding steroid dienone is 1. The maximum Gasteiger partial charge on any atom is 0.329 e. The van der Waals surface area contributed by atoms with Gasteiger partial charge < -0.3 is 5.73 Å². The van der Waals surface area contributed by atoms with Gasteiger partial charge in [0, 0.05) is 36.5 Å². The molecule has 0 atom stereocenters. The Morgan fingerprint density at radius 1 is 1.12 bits per heavy atom. The highest BCUT2D eigenvalue weighted by Crippen LogP contribution is 2.33. The number of hydrogen-bond acceptors (Lipinski definition) is 4. The second-order valence-electron chi connectivity index (χ2n) is 8.44. The highest BCUT2D eigenvalue weighted by atomic mass is 16.1. The molecule has 1 saturated carbocycles. The Kier molecular flexibility index (Phi) is 5.35. The number of fused-ring (bicyclic) bond motifs is 3. The molecular weight excluding hydrogens is 398 g/mol. The second kappa shape index (κ2) is 8.46. The molecule has 2 heterocycles. The lowest BCUT2D eigenvalue weighted by atomic mass is 9.95. The first-order chi connectivity index (χ1) is 15.7. The number of aliphatic imine (C=N–C) groups is 1. The number of rotatable bonds is 4. The van der Waals surface area contributed by atoms with Crippen LogP contribution in [0.25, 0.3) is 27.5 Å². The average Bonchev–Trinajstić information content (AvgIpc) is 3.11. The van der Waals surface area contributed by atoms with Gasteiger partial charge in [0.2, 0.25) is 0 Å². The fraction of sp³-hybridized carbons (Fsp3) is 0.269. The number of nitrogens with zero attached hydrogens (tertiary/aromatic N) is 4. The van der Waals surface area contributed by atoms with Crippen molar-refractivity contribution in [2.75, 3.05) is 0 Å². The molecule has 162 valence electrons. The summed E-state index contributed by atoms with van der Waals surface area (Å²) in [5, 5.41) is 0.968. The smallest absolute Gasteiger partial charge is 0.329 e. The Balaban J connectivity index is 1.67. The molecule has 32 heavy (non-hydrogen) atoms. The number of imidazole rings is 1. The van der Waals surface area contributed by atoms with Crippen molar-refractivity contribution in [3.8, 4) is 0 Å². The second-order valence-corrected chi connectivity index (χ2v) is 8.44. The fourth-order valence-electron chi connectivity index (χ4n) is 4.76. The lowest BCUT2D eigenvalue weighted by Gasteiger charge is -2.23. The summed E-state index contributed by atoms with van der Waals surface area (Å²) < 4.78 is 3.73. The van der Waals surface area contributed by atoms with Gasteiger partial charge in [0.1, 0.15) is 0 Å². The summed E-state index contributed by atoms with van der Waals surface area (Å²) in [6, 6.07) is 16.1. The van der Waals surface area contributed by atoms with Crippen molar-refractivity contribution in [3.05, 3.63) is 77.0 Å². The van der Waals surface area contributed by atoms with Crippen LogP contribution in [-0.2, 0) is 7.05 Å². The minimum absolute atomic E-state index is 0.0341. The summed E-state index contributed by atoms with van der Waals surface area (Å²) in [4.78, 5) is 22.4. The SMILES string of the molecule is Cn1c(=O)n(C2CCCCC2)c2c3cc(C(C=Nc4ccccc4)=CN)ccc3ncc21. The van der Waals surface area contributed by atoms with Crippen molar-refractivity contribution >= 4 is 39.4 Å². The van der Waals surface area contributed by atoms with E-state index in [1.807, 2.05) is 60.3 Å². The molecule has 5 rings (SSSR count). The van der Waals surface area contributed by atoms with Gasteiger partial charge in [-0.3, -0.25) is 19.1 Å². The number of benzene rings is 2. The van der Waals surface area contributed by atoms with E-state index >= 15 is 0 Å². The number of pyridine rings is 1. The van der Waals surface area contributed by atoms with E-state index in [1.165, 1.54) is 6.42 Å². The third kappa shape index (κ3) is 3.51. The van der Waals surface area contributed by atoms with Crippen molar-refractivity contribution < 1.29 is 0 Å². The number of nitrogens with two attached hydrogens (primary N) is 1. The Morgan fingerprint density at radius 2 is 1.91 bits per heavy atom. The minimum atomic E-state index is 0.0341. The van der Waals surface area contributed by atoms with Crippen LogP contribution in [-0.4, -0.2) is 20.3 Å². The highest BCUT2D eigenvalue weighted by molar-refractivity contribution is 6.12. The predicted molar refractivity (Wildman–Crippen MR) is 131 cm³/mol. The molecule has 0 amide bonds. The predicted octanol–water partition coefficient (Wildman–Crippen LogP) is 5.10. The van der Waals surface area contributed by atoms with Crippen LogP contribution < -0.4 is 11.4 Å². The molecule has 6 nitrogen and oxygen atoms in total. The molecule has 0 aliphatic heterocycles. The van der Waals surface area contributed by atoms with Gasteiger partial charge in [0.15, 0.2) is 0 Å². The normalized spacial score (nSPS) is 15.8. The molecule has 2 N–H and O–H groups in total. The Hall–Kier alpha value is -3.67. The first kappa shape index (κ1) is 20.2. The van der Waals surface area contributed by atoms with Gasteiger partial charge in [-0.05, 0) is 42.7 Å². The van der Waals surface area contributed by atoms with E-state index < -0.39 is 0 Å². The zero-order valence-corrected chi connectivity index (χ0v) is 18.2. The maximum atomic E-state index is 13.2. The lowest BCUT2D eigenvalue weighted by molar-refractivity contribution is 0.351. The summed E-state index contributed by atoms with van der Waals surface area (Å²) in [7, 11) is 1.83. The first-order valence-electron chi connectivity index (χ1n) is 11.2. The van der Waals surface area contributed by atoms with Crippen molar-refractivity contribution in [1.29, 1.82) is 0 Å². The number of aromatic nitrogens is 3. The molecule has 1 aliphatic carbocycles. The lowest BCUT2D eigenvalue weighted by Crippen LogP contribution is -2.27. The zero-order valence-electron chi connectivity index (χ0n) is 18.2. The van der Waals surface area contributed by atoms with E-state index in [0.29, 0.717) is 0 Å². The molecule has 0 bridgehead atoms. The van der Waals surface area contributed by atoms with Crippen LogP contribution in [0.3, 0.4) is 0 Å². The summed E-state index contributed by atoms with van der Waals surface area (Å²) in [6.07, 6.45) is 10.8. The zero-order chi connectivity index (χ0) is 22.1. The van der Waals surface area contributed by atoms with Crippen molar-refractivity contribution in [3.63, 3.8) is 0 Å². The monoisotopic (exact) mass is 425 g/mol. The van der Waals surface area contributed by atoms with Crippen LogP contribution in [0, 0.1) is 0 Å². The summed E-state index contributed by atoms with van der Waals surface area (Å²) in [6.45, 7) is 0. The van der Waals surface area contributed by atoms with Gasteiger partial charge in [-0.25, -0.2) is 4.79 Å². The molecule has 2 aromatic carbocycles. The Bertz CT molecular complexity index is 1390. The summed E-state index contributed by atoms with van der Waals surface area (Å²) in [5.41, 5.74) is 11.3. The fourth-order valence-corrected chi connectivity index (χ4v) is 4.76. The van der Waals surface area contributed by atoms with Crippen molar-refractivity contribution in [2.45, 2.75) is 38.1 Å². The molecule has 2 aromatic heterocycles. The van der Waals surface area contributed by atoms with Crippen molar-refractivity contribution in [1.82, 2.24) is 14.1 Å². The van der Waals surface area contributed by atoms with Crippen LogP contribution in [0.15, 0.2) is 70.7 Å². The summed E-state index contributed by atoms with van der Waals surface area (Å²) >= 11 is 0. The van der Waals surface area contributed by atoms with Crippen LogP contribution in [0.2, 0.25) is 0 Å². The third-order valence-electron chi connectivity index (χ3n) is 6.48. The van der Waals surface area contributed by atoms with Crippen molar-refractivity contribution in [2.24, 2.45) is 17.8 Å². The molecule has 0 saturated heterocycles. The largest absolute Gasteiger partial charge is 0.404 e. The molecule has 6 heteroatoms. The number of para-hydroxylation sites is 1. The topological polar surface area (TPSA) is 78.2 Å². The van der Waals surface area contributed by atoms with E-state index in [1.54, 1.807) is 17.0 Å². The van der Waals surface area contributed by atoms with E-state index in [0.717, 1.165) is 64.4 Å². The molecular formula is C26H27N5O. The van der Waals surface area contributed by atoms with Gasteiger partial charge in [0.05, 0.1) is 28.4 Å². The molecule has 1 aliphatic rings. The summed E-state index contributed by atoms with van der Waals surface area (Å²) in [5.74, 6) is 0. The van der Waals surface area contributed by atoms with Crippen LogP contribution >= 0.6 is 0 Å². The molecule has 0 spiro atoms.